The van der Waals surface area contributed by atoms with Crippen LogP contribution in [0.1, 0.15) is 0 Å². The Morgan fingerprint density at radius 1 is 1.21 bits per heavy atom. The van der Waals surface area contributed by atoms with E-state index in [9.17, 15) is 5.21 Å². The number of hydrogen-bond acceptors (Lipinski definition) is 3. The fraction of sp³-hybridized carbons (Fsp3) is 0. The highest BCUT2D eigenvalue weighted by Crippen LogP contribution is 2.05. The van der Waals surface area contributed by atoms with Crippen molar-refractivity contribution < 1.29 is 5.21 Å². The maximum absolute atomic E-state index is 9.45. The number of aromatic nitrogens is 2. The third kappa shape index (κ3) is 1.15. The van der Waals surface area contributed by atoms with Gasteiger partial charge in [-0.1, -0.05) is 18.2 Å². The predicted octanol–water partition coefficient (Wildman–Crippen LogP) is 0.578. The normalized spacial score (nSPS) is 10.3. The van der Waals surface area contributed by atoms with Crippen LogP contribution in [0, 0.1) is 5.41 Å². The SMILES string of the molecule is N=c1c(N)cn(O)n1-c1ccccc1. The molecule has 5 nitrogen and oxygen atoms in total. The molecule has 0 spiro atoms. The average Bonchev–Trinajstić information content (AvgIpc) is 2.43. The van der Waals surface area contributed by atoms with Crippen molar-refractivity contribution >= 4 is 5.69 Å². The molecular formula is C9H10N4O. The highest BCUT2D eigenvalue weighted by Gasteiger charge is 2.05. The molecular weight excluding hydrogens is 180 g/mol. The summed E-state index contributed by atoms with van der Waals surface area (Å²) in [5.74, 6) is 0. The minimum absolute atomic E-state index is 0.0682. The molecule has 72 valence electrons. The first-order valence-electron chi connectivity index (χ1n) is 4.09. The minimum Gasteiger partial charge on any atom is -0.413 e. The van der Waals surface area contributed by atoms with Gasteiger partial charge in [0.2, 0.25) is 0 Å². The van der Waals surface area contributed by atoms with Gasteiger partial charge in [-0.05, 0) is 12.1 Å². The van der Waals surface area contributed by atoms with E-state index in [2.05, 4.69) is 0 Å². The second-order valence-electron chi connectivity index (χ2n) is 2.90. The minimum atomic E-state index is 0.0682. The zero-order valence-electron chi connectivity index (χ0n) is 7.38. The van der Waals surface area contributed by atoms with Gasteiger partial charge in [-0.3, -0.25) is 5.41 Å². The topological polar surface area (TPSA) is 80.0 Å². The van der Waals surface area contributed by atoms with Crippen LogP contribution in [0.3, 0.4) is 0 Å². The van der Waals surface area contributed by atoms with E-state index in [1.54, 1.807) is 12.1 Å². The second kappa shape index (κ2) is 2.95. The van der Waals surface area contributed by atoms with Crippen LogP contribution in [0.2, 0.25) is 0 Å². The highest BCUT2D eigenvalue weighted by molar-refractivity contribution is 5.37. The number of para-hydroxylation sites is 1. The molecule has 0 aliphatic carbocycles. The van der Waals surface area contributed by atoms with Crippen molar-refractivity contribution in [2.24, 2.45) is 0 Å². The van der Waals surface area contributed by atoms with Crippen molar-refractivity contribution in [3.63, 3.8) is 0 Å². The molecule has 14 heavy (non-hydrogen) atoms. The molecule has 0 aliphatic rings. The Kier molecular flexibility index (Phi) is 1.78. The van der Waals surface area contributed by atoms with Crippen molar-refractivity contribution in [2.75, 3.05) is 5.73 Å². The van der Waals surface area contributed by atoms with E-state index in [0.29, 0.717) is 5.69 Å². The maximum atomic E-state index is 9.45. The molecule has 5 heteroatoms. The molecule has 0 fully saturated rings. The quantitative estimate of drug-likeness (QED) is 0.575. The van der Waals surface area contributed by atoms with Crippen LogP contribution in [0.15, 0.2) is 36.5 Å². The van der Waals surface area contributed by atoms with Crippen LogP contribution in [-0.4, -0.2) is 14.7 Å². The van der Waals surface area contributed by atoms with Gasteiger partial charge in [0.1, 0.15) is 0 Å². The lowest BCUT2D eigenvalue weighted by atomic mass is 10.3. The van der Waals surface area contributed by atoms with Crippen molar-refractivity contribution in [1.82, 2.24) is 9.53 Å². The van der Waals surface area contributed by atoms with Gasteiger partial charge in [-0.2, -0.15) is 0 Å². The second-order valence-corrected chi connectivity index (χ2v) is 2.90. The number of benzene rings is 1. The molecule has 0 unspecified atom stereocenters. The lowest BCUT2D eigenvalue weighted by molar-refractivity contribution is 0.126. The molecule has 1 heterocycles. The molecule has 1 aromatic heterocycles. The van der Waals surface area contributed by atoms with Gasteiger partial charge in [-0.25, -0.2) is 4.68 Å². The monoisotopic (exact) mass is 190 g/mol. The number of nitrogens with one attached hydrogen (secondary N) is 1. The molecule has 0 saturated heterocycles. The third-order valence-electron chi connectivity index (χ3n) is 1.95. The Balaban J connectivity index is 2.69. The van der Waals surface area contributed by atoms with Gasteiger partial charge < -0.3 is 10.9 Å². The molecule has 2 rings (SSSR count). The molecule has 0 amide bonds. The molecule has 0 saturated carbocycles. The summed E-state index contributed by atoms with van der Waals surface area (Å²) in [6.07, 6.45) is 1.29. The molecule has 1 aromatic carbocycles. The van der Waals surface area contributed by atoms with Gasteiger partial charge in [0, 0.05) is 0 Å². The van der Waals surface area contributed by atoms with Crippen LogP contribution in [0.5, 0.6) is 0 Å². The predicted molar refractivity (Wildman–Crippen MR) is 51.2 cm³/mol. The number of nitrogens with zero attached hydrogens (tertiary/aromatic N) is 2. The molecule has 0 radical (unpaired) electrons. The van der Waals surface area contributed by atoms with Crippen molar-refractivity contribution in [2.45, 2.75) is 0 Å². The summed E-state index contributed by atoms with van der Waals surface area (Å²) in [5, 5.41) is 17.1. The number of rotatable bonds is 1. The number of nitrogen functional groups attached to an aromatic ring is 1. The van der Waals surface area contributed by atoms with Crippen molar-refractivity contribution in [1.29, 1.82) is 5.41 Å². The summed E-state index contributed by atoms with van der Waals surface area (Å²) in [4.78, 5) is 0.799. The average molecular weight is 190 g/mol. The van der Waals surface area contributed by atoms with Crippen LogP contribution in [0.25, 0.3) is 5.69 Å². The standard InChI is InChI=1S/C9H10N4O/c10-8-6-12(14)13(9(8)11)7-4-2-1-3-5-7/h1-6,11,14H,10H2. The van der Waals surface area contributed by atoms with E-state index in [0.717, 1.165) is 4.85 Å². The fourth-order valence-electron chi connectivity index (χ4n) is 1.28. The summed E-state index contributed by atoms with van der Waals surface area (Å²) in [6, 6.07) is 9.08. The fourth-order valence-corrected chi connectivity index (χ4v) is 1.28. The molecule has 0 aliphatic heterocycles. The van der Waals surface area contributed by atoms with E-state index in [4.69, 9.17) is 11.1 Å². The first-order valence-corrected chi connectivity index (χ1v) is 4.09. The van der Waals surface area contributed by atoms with Gasteiger partial charge in [0.05, 0.1) is 17.6 Å². The zero-order chi connectivity index (χ0) is 10.1. The van der Waals surface area contributed by atoms with Gasteiger partial charge in [-0.15, -0.1) is 4.85 Å². The van der Waals surface area contributed by atoms with E-state index >= 15 is 0 Å². The van der Waals surface area contributed by atoms with Crippen LogP contribution in [0.4, 0.5) is 5.69 Å². The third-order valence-corrected chi connectivity index (χ3v) is 1.95. The van der Waals surface area contributed by atoms with E-state index in [-0.39, 0.29) is 11.2 Å². The van der Waals surface area contributed by atoms with Gasteiger partial charge >= 0.3 is 0 Å². The Hall–Kier alpha value is -2.17. The first kappa shape index (κ1) is 8.43. The maximum Gasteiger partial charge on any atom is 0.172 e. The molecule has 0 atom stereocenters. The highest BCUT2D eigenvalue weighted by atomic mass is 16.5. The van der Waals surface area contributed by atoms with Crippen molar-refractivity contribution in [3.8, 4) is 5.69 Å². The number of anilines is 1. The summed E-state index contributed by atoms with van der Waals surface area (Å²) in [7, 11) is 0. The van der Waals surface area contributed by atoms with E-state index in [1.807, 2.05) is 18.2 Å². The smallest absolute Gasteiger partial charge is 0.172 e. The van der Waals surface area contributed by atoms with E-state index < -0.39 is 0 Å². The number of nitrogens with two attached hydrogens (primary N) is 1. The molecule has 2 aromatic rings. The Morgan fingerprint density at radius 2 is 1.86 bits per heavy atom. The largest absolute Gasteiger partial charge is 0.413 e. The van der Waals surface area contributed by atoms with Crippen LogP contribution < -0.4 is 11.2 Å². The van der Waals surface area contributed by atoms with Crippen molar-refractivity contribution in [3.05, 3.63) is 42.0 Å². The van der Waals surface area contributed by atoms with Crippen LogP contribution in [-0.2, 0) is 0 Å². The summed E-state index contributed by atoms with van der Waals surface area (Å²) in [6.45, 7) is 0. The summed E-state index contributed by atoms with van der Waals surface area (Å²) in [5.41, 5.74) is 6.48. The van der Waals surface area contributed by atoms with E-state index in [1.165, 1.54) is 10.9 Å². The molecule has 0 bridgehead atoms. The molecule has 4 N–H and O–H groups in total. The lowest BCUT2D eigenvalue weighted by Crippen LogP contribution is -2.21. The Morgan fingerprint density at radius 3 is 2.36 bits per heavy atom. The zero-order valence-corrected chi connectivity index (χ0v) is 7.38. The lowest BCUT2D eigenvalue weighted by Gasteiger charge is -2.04. The summed E-state index contributed by atoms with van der Waals surface area (Å²) >= 11 is 0. The van der Waals surface area contributed by atoms with Gasteiger partial charge in [0.25, 0.3) is 0 Å². The summed E-state index contributed by atoms with van der Waals surface area (Å²) < 4.78 is 1.30. The first-order chi connectivity index (χ1) is 6.70. The van der Waals surface area contributed by atoms with Gasteiger partial charge in [0.15, 0.2) is 5.49 Å². The van der Waals surface area contributed by atoms with Crippen LogP contribution >= 0.6 is 0 Å². The Bertz CT molecular complexity index is 497. The Labute approximate surface area is 80.1 Å². The number of hydrogen-bond donors (Lipinski definition) is 3.